The monoisotopic (exact) mass is 528 g/mol. The summed E-state index contributed by atoms with van der Waals surface area (Å²) in [5.41, 5.74) is 10.2. The Balaban J connectivity index is 1.56. The Morgan fingerprint density at radius 3 is 2.07 bits per heavy atom. The molecule has 6 aromatic carbocycles. The van der Waals surface area contributed by atoms with Gasteiger partial charge in [-0.3, -0.25) is 0 Å². The molecule has 200 valence electrons. The summed E-state index contributed by atoms with van der Waals surface area (Å²) in [7, 11) is 0. The first kappa shape index (κ1) is 26.5. The fraction of sp³-hybridized carbons (Fsp3) is 0.122. The number of rotatable bonds is 7. The summed E-state index contributed by atoms with van der Waals surface area (Å²) in [6.45, 7) is 10.8. The van der Waals surface area contributed by atoms with Crippen molar-refractivity contribution in [2.75, 3.05) is 0 Å². The van der Waals surface area contributed by atoms with Gasteiger partial charge in [-0.15, -0.1) is 6.58 Å². The van der Waals surface area contributed by atoms with E-state index in [4.69, 9.17) is 0 Å². The zero-order valence-electron chi connectivity index (χ0n) is 24.1. The summed E-state index contributed by atoms with van der Waals surface area (Å²) in [6.07, 6.45) is 4.49. The molecule has 0 heteroatoms. The Morgan fingerprint density at radius 2 is 1.29 bits per heavy atom. The van der Waals surface area contributed by atoms with Crippen LogP contribution in [-0.2, 0) is 0 Å². The second-order valence-corrected chi connectivity index (χ2v) is 11.1. The molecule has 41 heavy (non-hydrogen) atoms. The molecule has 6 aromatic rings. The van der Waals surface area contributed by atoms with Gasteiger partial charge >= 0.3 is 0 Å². The normalized spacial score (nSPS) is 13.3. The molecule has 0 heterocycles. The van der Waals surface area contributed by atoms with Crippen LogP contribution in [0.15, 0.2) is 146 Å². The molecule has 0 N–H and O–H groups in total. The maximum atomic E-state index is 4.06. The summed E-state index contributed by atoms with van der Waals surface area (Å²) < 4.78 is 0. The molecule has 0 aliphatic heterocycles. The number of benzene rings is 6. The summed E-state index contributed by atoms with van der Waals surface area (Å²) in [6, 6.07) is 46.5. The van der Waals surface area contributed by atoms with Crippen molar-refractivity contribution in [2.24, 2.45) is 0 Å². The van der Waals surface area contributed by atoms with Crippen molar-refractivity contribution >= 4 is 27.1 Å². The van der Waals surface area contributed by atoms with Crippen LogP contribution >= 0.6 is 0 Å². The van der Waals surface area contributed by atoms with Gasteiger partial charge in [0.25, 0.3) is 0 Å². The van der Waals surface area contributed by atoms with Crippen LogP contribution in [0.1, 0.15) is 53.5 Å². The lowest BCUT2D eigenvalue weighted by Crippen LogP contribution is -1.99. The highest BCUT2D eigenvalue weighted by Crippen LogP contribution is 2.37. The maximum Gasteiger partial charge on any atom is 0.000513 e. The number of hydrogen-bond donors (Lipinski definition) is 0. The van der Waals surface area contributed by atoms with E-state index in [9.17, 15) is 0 Å². The van der Waals surface area contributed by atoms with Gasteiger partial charge in [-0.1, -0.05) is 147 Å². The van der Waals surface area contributed by atoms with Gasteiger partial charge in [0.2, 0.25) is 0 Å². The predicted molar refractivity (Wildman–Crippen MR) is 179 cm³/mol. The van der Waals surface area contributed by atoms with Gasteiger partial charge in [-0.25, -0.2) is 0 Å². The minimum absolute atomic E-state index is 0.220. The second kappa shape index (κ2) is 11.4. The zero-order valence-corrected chi connectivity index (χ0v) is 24.1. The van der Waals surface area contributed by atoms with E-state index in [0.717, 1.165) is 0 Å². The molecule has 0 amide bonds. The highest BCUT2D eigenvalue weighted by molar-refractivity contribution is 5.97. The number of hydrogen-bond acceptors (Lipinski definition) is 0. The third-order valence-corrected chi connectivity index (χ3v) is 8.44. The van der Waals surface area contributed by atoms with Gasteiger partial charge in [-0.2, -0.15) is 0 Å². The Morgan fingerprint density at radius 1 is 0.634 bits per heavy atom. The van der Waals surface area contributed by atoms with Crippen molar-refractivity contribution in [2.45, 2.75) is 32.6 Å². The van der Waals surface area contributed by atoms with Crippen molar-refractivity contribution in [1.29, 1.82) is 0 Å². The molecular weight excluding hydrogens is 492 g/mol. The van der Waals surface area contributed by atoms with E-state index in [1.807, 2.05) is 6.08 Å². The van der Waals surface area contributed by atoms with Crippen LogP contribution in [0, 0.1) is 6.92 Å². The van der Waals surface area contributed by atoms with Crippen LogP contribution in [-0.4, -0.2) is 0 Å². The maximum absolute atomic E-state index is 4.06. The molecule has 6 rings (SSSR count). The molecule has 0 nitrogen and oxygen atoms in total. The molecule has 0 aromatic heterocycles. The fourth-order valence-corrected chi connectivity index (χ4v) is 6.01. The van der Waals surface area contributed by atoms with Crippen LogP contribution in [0.25, 0.3) is 38.2 Å². The molecule has 0 spiro atoms. The second-order valence-electron chi connectivity index (χ2n) is 11.1. The van der Waals surface area contributed by atoms with E-state index in [1.54, 1.807) is 0 Å². The molecule has 0 aliphatic carbocycles. The largest absolute Gasteiger partial charge is 0.102 e. The Bertz CT molecular complexity index is 1890. The van der Waals surface area contributed by atoms with Crippen molar-refractivity contribution in [1.82, 2.24) is 0 Å². The van der Waals surface area contributed by atoms with Crippen molar-refractivity contribution in [3.63, 3.8) is 0 Å². The summed E-state index contributed by atoms with van der Waals surface area (Å²) in [4.78, 5) is 0. The average Bonchev–Trinajstić information content (AvgIpc) is 3.03. The molecule has 0 aliphatic rings. The van der Waals surface area contributed by atoms with Gasteiger partial charge in [0.1, 0.15) is 0 Å². The Labute approximate surface area is 244 Å². The quantitative estimate of drug-likeness (QED) is 0.181. The number of allylic oxidation sites excluding steroid dienone is 2. The van der Waals surface area contributed by atoms with E-state index in [2.05, 4.69) is 161 Å². The number of aryl methyl sites for hydroxylation is 1. The van der Waals surface area contributed by atoms with Crippen molar-refractivity contribution in [3.05, 3.63) is 174 Å². The van der Waals surface area contributed by atoms with E-state index in [-0.39, 0.29) is 11.8 Å². The standard InChI is InChI=1S/C41H36/c1-5-28(2)33-17-10-18-34(26-33)41(25-30(4)36-21-11-15-31-13-6-8-19-37(31)36)40-27-35(24-23-29(40)3)39-22-12-16-32-14-7-9-20-38(32)39/h5-28,30H,1H2,2-4H3/b41-25-. The van der Waals surface area contributed by atoms with E-state index in [1.165, 1.54) is 66.1 Å². The average molecular weight is 529 g/mol. The summed E-state index contributed by atoms with van der Waals surface area (Å²) in [5.74, 6) is 0.506. The first-order valence-electron chi connectivity index (χ1n) is 14.5. The Kier molecular flexibility index (Phi) is 7.40. The van der Waals surface area contributed by atoms with Gasteiger partial charge in [0, 0.05) is 5.92 Å². The minimum Gasteiger partial charge on any atom is -0.102 e. The summed E-state index contributed by atoms with van der Waals surface area (Å²) in [5, 5.41) is 5.14. The molecule has 0 fully saturated rings. The van der Waals surface area contributed by atoms with Gasteiger partial charge in [0.15, 0.2) is 0 Å². The first-order valence-corrected chi connectivity index (χ1v) is 14.5. The highest BCUT2D eigenvalue weighted by Gasteiger charge is 2.16. The summed E-state index contributed by atoms with van der Waals surface area (Å²) >= 11 is 0. The topological polar surface area (TPSA) is 0 Å². The fourth-order valence-electron chi connectivity index (χ4n) is 6.01. The van der Waals surface area contributed by atoms with Gasteiger partial charge < -0.3 is 0 Å². The Hall–Kier alpha value is -4.68. The third-order valence-electron chi connectivity index (χ3n) is 8.44. The van der Waals surface area contributed by atoms with Crippen LogP contribution in [0.3, 0.4) is 0 Å². The molecule has 0 saturated heterocycles. The highest BCUT2D eigenvalue weighted by atomic mass is 14.2. The molecule has 2 atom stereocenters. The molecular formula is C41H36. The lowest BCUT2D eigenvalue weighted by Gasteiger charge is -2.19. The van der Waals surface area contributed by atoms with Crippen LogP contribution in [0.5, 0.6) is 0 Å². The smallest absolute Gasteiger partial charge is 0.000513 e. The SMILES string of the molecule is C=CC(C)c1cccc(/C(=C/C(C)c2cccc3ccccc23)c2cc(-c3cccc4ccccc34)ccc2C)c1. The van der Waals surface area contributed by atoms with Crippen molar-refractivity contribution in [3.8, 4) is 11.1 Å². The van der Waals surface area contributed by atoms with E-state index in [0.29, 0.717) is 0 Å². The van der Waals surface area contributed by atoms with E-state index >= 15 is 0 Å². The lowest BCUT2D eigenvalue weighted by atomic mass is 9.85. The van der Waals surface area contributed by atoms with Crippen LogP contribution in [0.2, 0.25) is 0 Å². The van der Waals surface area contributed by atoms with Gasteiger partial charge in [0.05, 0.1) is 0 Å². The zero-order chi connectivity index (χ0) is 28.3. The minimum atomic E-state index is 0.220. The molecule has 0 bridgehead atoms. The van der Waals surface area contributed by atoms with Crippen molar-refractivity contribution < 1.29 is 0 Å². The molecule has 0 radical (unpaired) electrons. The number of fused-ring (bicyclic) bond motifs is 2. The molecule has 0 saturated carbocycles. The van der Waals surface area contributed by atoms with E-state index < -0.39 is 0 Å². The predicted octanol–water partition coefficient (Wildman–Crippen LogP) is 11.5. The lowest BCUT2D eigenvalue weighted by molar-refractivity contribution is 0.968. The third kappa shape index (κ3) is 5.26. The van der Waals surface area contributed by atoms with Gasteiger partial charge in [-0.05, 0) is 85.0 Å². The molecule has 2 unspecified atom stereocenters. The first-order chi connectivity index (χ1) is 20.0. The van der Waals surface area contributed by atoms with Crippen LogP contribution < -0.4 is 0 Å². The van der Waals surface area contributed by atoms with Crippen LogP contribution in [0.4, 0.5) is 0 Å².